The molecule has 35 heavy (non-hydrogen) atoms. The van der Waals surface area contributed by atoms with E-state index in [0.717, 1.165) is 41.8 Å². The summed E-state index contributed by atoms with van der Waals surface area (Å²) < 4.78 is 41.4. The monoisotopic (exact) mass is 478 g/mol. The summed E-state index contributed by atoms with van der Waals surface area (Å²) in [5.74, 6) is -0.0373. The Labute approximate surface area is 203 Å². The molecule has 6 heteroatoms. The van der Waals surface area contributed by atoms with E-state index in [0.29, 0.717) is 30.8 Å². The Kier molecular flexibility index (Phi) is 7.59. The second-order valence-corrected chi connectivity index (χ2v) is 8.79. The summed E-state index contributed by atoms with van der Waals surface area (Å²) in [6.45, 7) is 3.43. The molecular weight excluding hydrogens is 449 g/mol. The lowest BCUT2D eigenvalue weighted by molar-refractivity contribution is -0.137. The van der Waals surface area contributed by atoms with Crippen LogP contribution < -0.4 is 0 Å². The van der Waals surface area contributed by atoms with Crippen molar-refractivity contribution < 1.29 is 18.0 Å². The van der Waals surface area contributed by atoms with Crippen LogP contribution in [0.4, 0.5) is 13.2 Å². The number of fused-ring (bicyclic) bond motifs is 1. The summed E-state index contributed by atoms with van der Waals surface area (Å²) in [6.07, 6.45) is 0.423. The number of hydrogen-bond acceptors (Lipinski definition) is 1. The van der Waals surface area contributed by atoms with E-state index >= 15 is 0 Å². The summed E-state index contributed by atoms with van der Waals surface area (Å²) in [7, 11) is 0. The summed E-state index contributed by atoms with van der Waals surface area (Å²) in [4.78, 5) is 15.6. The maximum absolute atomic E-state index is 13.7. The van der Waals surface area contributed by atoms with Crippen LogP contribution in [0.5, 0.6) is 0 Å². The second kappa shape index (κ2) is 10.8. The van der Waals surface area contributed by atoms with Gasteiger partial charge in [-0.05, 0) is 53.1 Å². The molecule has 0 aliphatic rings. The van der Waals surface area contributed by atoms with Crippen LogP contribution in [-0.4, -0.2) is 21.9 Å². The minimum atomic E-state index is -4.38. The van der Waals surface area contributed by atoms with Gasteiger partial charge in [-0.2, -0.15) is 13.2 Å². The summed E-state index contributed by atoms with van der Waals surface area (Å²) in [5, 5.41) is 1.93. The highest BCUT2D eigenvalue weighted by Crippen LogP contribution is 2.30. The summed E-state index contributed by atoms with van der Waals surface area (Å²) in [6, 6.07) is 22.8. The van der Waals surface area contributed by atoms with E-state index in [-0.39, 0.29) is 5.91 Å². The average molecular weight is 479 g/mol. The quantitative estimate of drug-likeness (QED) is 0.228. The first-order valence-electron chi connectivity index (χ1n) is 11.9. The molecule has 0 unspecified atom stereocenters. The largest absolute Gasteiger partial charge is 0.416 e. The number of benzene rings is 3. The van der Waals surface area contributed by atoms with Gasteiger partial charge in [-0.15, -0.1) is 0 Å². The van der Waals surface area contributed by atoms with Crippen LogP contribution >= 0.6 is 0 Å². The van der Waals surface area contributed by atoms with E-state index in [4.69, 9.17) is 0 Å². The molecule has 182 valence electrons. The molecule has 0 bridgehead atoms. The van der Waals surface area contributed by atoms with Crippen LogP contribution in [0.2, 0.25) is 0 Å². The fourth-order valence-corrected chi connectivity index (χ4v) is 4.37. The zero-order valence-electron chi connectivity index (χ0n) is 19.8. The van der Waals surface area contributed by atoms with Crippen molar-refractivity contribution in [1.82, 2.24) is 9.47 Å². The number of hydrogen-bond donors (Lipinski definition) is 0. The number of rotatable bonds is 9. The van der Waals surface area contributed by atoms with Crippen molar-refractivity contribution in [3.63, 3.8) is 0 Å². The lowest BCUT2D eigenvalue weighted by atomic mass is 10.0. The summed E-state index contributed by atoms with van der Waals surface area (Å²) in [5.41, 5.74) is 1.45. The fourth-order valence-electron chi connectivity index (χ4n) is 4.37. The average Bonchev–Trinajstić information content (AvgIpc) is 3.28. The first-order chi connectivity index (χ1) is 16.9. The number of unbranched alkanes of at least 4 members (excludes halogenated alkanes) is 2. The predicted molar refractivity (Wildman–Crippen MR) is 133 cm³/mol. The highest BCUT2D eigenvalue weighted by atomic mass is 19.4. The Morgan fingerprint density at radius 2 is 1.69 bits per heavy atom. The number of amides is 1. The van der Waals surface area contributed by atoms with E-state index in [2.05, 4.69) is 6.92 Å². The summed E-state index contributed by atoms with van der Waals surface area (Å²) >= 11 is 0. The van der Waals surface area contributed by atoms with Crippen molar-refractivity contribution in [2.75, 3.05) is 6.54 Å². The van der Waals surface area contributed by atoms with Gasteiger partial charge in [0, 0.05) is 30.5 Å². The van der Waals surface area contributed by atoms with Crippen molar-refractivity contribution >= 4 is 16.7 Å². The minimum absolute atomic E-state index is 0.0373. The van der Waals surface area contributed by atoms with Crippen molar-refractivity contribution in [2.24, 2.45) is 0 Å². The van der Waals surface area contributed by atoms with E-state index in [1.807, 2.05) is 70.3 Å². The number of halogens is 3. The number of carbonyl (C=O) groups is 1. The lowest BCUT2D eigenvalue weighted by Gasteiger charge is -2.24. The molecule has 0 spiro atoms. The van der Waals surface area contributed by atoms with Crippen LogP contribution in [0.1, 0.15) is 53.4 Å². The third kappa shape index (κ3) is 5.94. The maximum atomic E-state index is 13.7. The molecule has 0 saturated carbocycles. The Morgan fingerprint density at radius 1 is 0.914 bits per heavy atom. The third-order valence-corrected chi connectivity index (χ3v) is 6.22. The number of aromatic nitrogens is 1. The smallest absolute Gasteiger partial charge is 0.345 e. The van der Waals surface area contributed by atoms with E-state index in [1.165, 1.54) is 12.1 Å². The minimum Gasteiger partial charge on any atom is -0.345 e. The Hall–Kier alpha value is -3.54. The van der Waals surface area contributed by atoms with E-state index < -0.39 is 11.7 Å². The zero-order valence-corrected chi connectivity index (χ0v) is 19.8. The molecule has 0 fully saturated rings. The zero-order chi connectivity index (χ0) is 24.8. The molecule has 3 nitrogen and oxygen atoms in total. The molecule has 0 N–H and O–H groups in total. The first-order valence-corrected chi connectivity index (χ1v) is 11.9. The van der Waals surface area contributed by atoms with Gasteiger partial charge in [0.25, 0.3) is 5.91 Å². The van der Waals surface area contributed by atoms with Gasteiger partial charge in [-0.25, -0.2) is 0 Å². The Balaban J connectivity index is 1.60. The van der Waals surface area contributed by atoms with Crippen molar-refractivity contribution in [2.45, 2.75) is 45.5 Å². The molecule has 0 atom stereocenters. The molecule has 1 aromatic heterocycles. The first kappa shape index (κ1) is 24.6. The molecule has 0 saturated heterocycles. The SMILES string of the molecule is CCCCCN(Cc1cccn1Cc1cccc(C(F)(F)F)c1)C(=O)c1cccc2ccccc12. The van der Waals surface area contributed by atoms with Crippen LogP contribution in [0.25, 0.3) is 10.8 Å². The molecular formula is C29H29F3N2O. The van der Waals surface area contributed by atoms with Crippen LogP contribution in [-0.2, 0) is 19.3 Å². The van der Waals surface area contributed by atoms with Crippen molar-refractivity contribution in [3.05, 3.63) is 107 Å². The molecule has 0 aliphatic heterocycles. The van der Waals surface area contributed by atoms with E-state index in [1.54, 1.807) is 6.07 Å². The topological polar surface area (TPSA) is 25.2 Å². The molecule has 1 amide bonds. The molecule has 4 rings (SSSR count). The highest BCUT2D eigenvalue weighted by molar-refractivity contribution is 6.07. The number of carbonyl (C=O) groups excluding carboxylic acids is 1. The van der Waals surface area contributed by atoms with E-state index in [9.17, 15) is 18.0 Å². The lowest BCUT2D eigenvalue weighted by Crippen LogP contribution is -2.32. The Bertz CT molecular complexity index is 1290. The van der Waals surface area contributed by atoms with Gasteiger partial charge < -0.3 is 9.47 Å². The van der Waals surface area contributed by atoms with Gasteiger partial charge >= 0.3 is 6.18 Å². The van der Waals surface area contributed by atoms with Crippen molar-refractivity contribution in [3.8, 4) is 0 Å². The van der Waals surface area contributed by atoms with Crippen LogP contribution in [0, 0.1) is 0 Å². The Morgan fingerprint density at radius 3 is 2.49 bits per heavy atom. The third-order valence-electron chi connectivity index (χ3n) is 6.22. The normalized spacial score (nSPS) is 11.7. The van der Waals surface area contributed by atoms with Gasteiger partial charge in [0.1, 0.15) is 0 Å². The number of nitrogens with zero attached hydrogens (tertiary/aromatic N) is 2. The molecule has 4 aromatic rings. The van der Waals surface area contributed by atoms with Gasteiger partial charge in [-0.3, -0.25) is 4.79 Å². The predicted octanol–water partition coefficient (Wildman–Crippen LogP) is 7.54. The standard InChI is InChI=1S/C29H29F3N2O/c1-2-3-6-17-34(28(35)27-16-8-12-23-11-4-5-15-26(23)27)21-25-14-9-18-33(25)20-22-10-7-13-24(19-22)29(30,31)32/h4-5,7-16,18-19H,2-3,6,17,20-21H2,1H3. The maximum Gasteiger partial charge on any atom is 0.416 e. The van der Waals surface area contributed by atoms with Crippen LogP contribution in [0.3, 0.4) is 0 Å². The van der Waals surface area contributed by atoms with Gasteiger partial charge in [-0.1, -0.05) is 68.3 Å². The number of alkyl halides is 3. The molecule has 0 aliphatic carbocycles. The molecule has 0 radical (unpaired) electrons. The van der Waals surface area contributed by atoms with Gasteiger partial charge in [0.05, 0.1) is 12.1 Å². The van der Waals surface area contributed by atoms with Gasteiger partial charge in [0.15, 0.2) is 0 Å². The second-order valence-electron chi connectivity index (χ2n) is 8.79. The molecule has 1 heterocycles. The fraction of sp³-hybridized carbons (Fsp3) is 0.276. The molecule has 3 aromatic carbocycles. The highest BCUT2D eigenvalue weighted by Gasteiger charge is 2.30. The van der Waals surface area contributed by atoms with Crippen molar-refractivity contribution in [1.29, 1.82) is 0 Å². The van der Waals surface area contributed by atoms with Crippen LogP contribution in [0.15, 0.2) is 85.1 Å². The van der Waals surface area contributed by atoms with Gasteiger partial charge in [0.2, 0.25) is 0 Å².